The Morgan fingerprint density at radius 2 is 1.61 bits per heavy atom. The molecule has 33 heavy (non-hydrogen) atoms. The minimum absolute atomic E-state index is 0.0567. The summed E-state index contributed by atoms with van der Waals surface area (Å²) in [5, 5.41) is 6.82. The molecule has 0 aliphatic heterocycles. The van der Waals surface area contributed by atoms with Crippen LogP contribution in [0.1, 0.15) is 56.6 Å². The Hall–Kier alpha value is -2.53. The minimum atomic E-state index is -0.186. The van der Waals surface area contributed by atoms with Crippen LogP contribution in [0.3, 0.4) is 0 Å². The molecule has 4 aliphatic rings. The average molecular weight is 449 g/mol. The van der Waals surface area contributed by atoms with Gasteiger partial charge >= 0.3 is 0 Å². The molecular formula is C28H36N2O3. The van der Waals surface area contributed by atoms with E-state index in [1.54, 1.807) is 0 Å². The second-order valence-electron chi connectivity index (χ2n) is 10.5. The number of ether oxygens (including phenoxy) is 2. The number of hydrogen-bond acceptors (Lipinski definition) is 4. The second kappa shape index (κ2) is 9.38. The Bertz CT molecular complexity index is 950. The number of benzene rings is 2. The van der Waals surface area contributed by atoms with E-state index in [0.717, 1.165) is 35.5 Å². The van der Waals surface area contributed by atoms with Gasteiger partial charge in [0, 0.05) is 17.8 Å². The van der Waals surface area contributed by atoms with E-state index < -0.39 is 0 Å². The summed E-state index contributed by atoms with van der Waals surface area (Å²) in [5.74, 6) is 3.92. The first-order chi connectivity index (χ1) is 16.0. The number of amides is 1. The summed E-state index contributed by atoms with van der Waals surface area (Å²) in [6.07, 6.45) is 8.40. The van der Waals surface area contributed by atoms with E-state index in [-0.39, 0.29) is 12.5 Å². The van der Waals surface area contributed by atoms with Crippen molar-refractivity contribution in [1.82, 2.24) is 5.32 Å². The molecule has 2 aromatic carbocycles. The van der Waals surface area contributed by atoms with Crippen LogP contribution in [-0.4, -0.2) is 24.7 Å². The number of rotatable bonds is 9. The third-order valence-electron chi connectivity index (χ3n) is 7.71. The lowest BCUT2D eigenvalue weighted by atomic mass is 9.53. The molecule has 4 saturated carbocycles. The maximum Gasteiger partial charge on any atom is 0.262 e. The van der Waals surface area contributed by atoms with E-state index in [9.17, 15) is 4.79 Å². The summed E-state index contributed by atoms with van der Waals surface area (Å²) in [6.45, 7) is 5.33. The highest BCUT2D eigenvalue weighted by Crippen LogP contribution is 2.55. The van der Waals surface area contributed by atoms with Crippen LogP contribution in [0.25, 0.3) is 0 Å². The molecule has 2 aromatic rings. The van der Waals surface area contributed by atoms with Gasteiger partial charge in [-0.3, -0.25) is 4.79 Å². The van der Waals surface area contributed by atoms with E-state index in [2.05, 4.69) is 22.8 Å². The summed E-state index contributed by atoms with van der Waals surface area (Å²) in [7, 11) is 0. The molecule has 4 fully saturated rings. The molecule has 0 radical (unpaired) electrons. The third-order valence-corrected chi connectivity index (χ3v) is 7.71. The third kappa shape index (κ3) is 5.19. The van der Waals surface area contributed by atoms with Gasteiger partial charge in [0.15, 0.2) is 18.1 Å². The van der Waals surface area contributed by atoms with Gasteiger partial charge in [0.1, 0.15) is 0 Å². The zero-order valence-corrected chi connectivity index (χ0v) is 19.9. The fourth-order valence-electron chi connectivity index (χ4n) is 6.64. The zero-order valence-electron chi connectivity index (χ0n) is 19.9. The van der Waals surface area contributed by atoms with Crippen molar-refractivity contribution in [2.45, 2.75) is 64.5 Å². The number of nitrogens with one attached hydrogen (secondary N) is 2. The van der Waals surface area contributed by atoms with Crippen LogP contribution >= 0.6 is 0 Å². The highest BCUT2D eigenvalue weighted by molar-refractivity contribution is 5.91. The molecular weight excluding hydrogens is 412 g/mol. The monoisotopic (exact) mass is 448 g/mol. The van der Waals surface area contributed by atoms with E-state index in [1.807, 2.05) is 44.2 Å². The lowest BCUT2D eigenvalue weighted by Gasteiger charge is -2.57. The van der Waals surface area contributed by atoms with Crippen molar-refractivity contribution in [3.63, 3.8) is 0 Å². The summed E-state index contributed by atoms with van der Waals surface area (Å²) in [5.41, 5.74) is 3.46. The van der Waals surface area contributed by atoms with Gasteiger partial charge in [0.05, 0.1) is 6.61 Å². The number of hydrogen-bond donors (Lipinski definition) is 2. The molecule has 0 aromatic heterocycles. The van der Waals surface area contributed by atoms with Crippen molar-refractivity contribution in [1.29, 1.82) is 0 Å². The van der Waals surface area contributed by atoms with Crippen LogP contribution in [0.15, 0.2) is 42.5 Å². The molecule has 6 rings (SSSR count). The van der Waals surface area contributed by atoms with Gasteiger partial charge in [0.2, 0.25) is 0 Å². The van der Waals surface area contributed by atoms with Gasteiger partial charge in [-0.15, -0.1) is 0 Å². The molecule has 0 saturated heterocycles. The SMILES string of the molecule is CCOc1cc(CNC23CC4CC(CC(C4)C2)C3)ccc1OCC(=O)Nc1ccc(C)cc1. The topological polar surface area (TPSA) is 59.6 Å². The van der Waals surface area contributed by atoms with E-state index in [4.69, 9.17) is 9.47 Å². The molecule has 2 N–H and O–H groups in total. The van der Waals surface area contributed by atoms with Crippen molar-refractivity contribution in [2.75, 3.05) is 18.5 Å². The number of anilines is 1. The summed E-state index contributed by atoms with van der Waals surface area (Å²) in [4.78, 5) is 12.3. The van der Waals surface area contributed by atoms with Crippen LogP contribution in [0.2, 0.25) is 0 Å². The fourth-order valence-corrected chi connectivity index (χ4v) is 6.64. The summed E-state index contributed by atoms with van der Waals surface area (Å²) in [6, 6.07) is 13.8. The Morgan fingerprint density at radius 1 is 0.939 bits per heavy atom. The first kappa shape index (κ1) is 22.3. The molecule has 0 heterocycles. The van der Waals surface area contributed by atoms with E-state index in [0.29, 0.717) is 23.6 Å². The number of carbonyl (C=O) groups is 1. The maximum absolute atomic E-state index is 12.3. The Kier molecular flexibility index (Phi) is 6.33. The van der Waals surface area contributed by atoms with Gasteiger partial charge in [-0.2, -0.15) is 0 Å². The Morgan fingerprint density at radius 3 is 2.24 bits per heavy atom. The molecule has 0 unspecified atom stereocenters. The fraction of sp³-hybridized carbons (Fsp3) is 0.536. The molecule has 4 aliphatic carbocycles. The minimum Gasteiger partial charge on any atom is -0.490 e. The van der Waals surface area contributed by atoms with Crippen LogP contribution in [0.4, 0.5) is 5.69 Å². The lowest BCUT2D eigenvalue weighted by molar-refractivity contribution is -0.118. The number of carbonyl (C=O) groups excluding carboxylic acids is 1. The molecule has 0 atom stereocenters. The van der Waals surface area contributed by atoms with Gasteiger partial charge in [0.25, 0.3) is 5.91 Å². The van der Waals surface area contributed by atoms with Gasteiger partial charge < -0.3 is 20.1 Å². The van der Waals surface area contributed by atoms with E-state index >= 15 is 0 Å². The molecule has 5 nitrogen and oxygen atoms in total. The predicted octanol–water partition coefficient (Wildman–Crippen LogP) is 5.47. The largest absolute Gasteiger partial charge is 0.490 e. The van der Waals surface area contributed by atoms with Gasteiger partial charge in [-0.25, -0.2) is 0 Å². The van der Waals surface area contributed by atoms with Crippen molar-refractivity contribution in [3.8, 4) is 11.5 Å². The quantitative estimate of drug-likeness (QED) is 0.534. The van der Waals surface area contributed by atoms with Gasteiger partial charge in [-0.05, 0) is 100.0 Å². The van der Waals surface area contributed by atoms with Crippen molar-refractivity contribution in [3.05, 3.63) is 53.6 Å². The highest BCUT2D eigenvalue weighted by atomic mass is 16.5. The smallest absolute Gasteiger partial charge is 0.262 e. The summed E-state index contributed by atoms with van der Waals surface area (Å²) >= 11 is 0. The van der Waals surface area contributed by atoms with Crippen LogP contribution < -0.4 is 20.1 Å². The van der Waals surface area contributed by atoms with Crippen molar-refractivity contribution in [2.24, 2.45) is 17.8 Å². The van der Waals surface area contributed by atoms with Crippen molar-refractivity contribution < 1.29 is 14.3 Å². The van der Waals surface area contributed by atoms with Gasteiger partial charge in [-0.1, -0.05) is 23.8 Å². The second-order valence-corrected chi connectivity index (χ2v) is 10.5. The highest BCUT2D eigenvalue weighted by Gasteiger charge is 2.50. The molecule has 0 spiro atoms. The zero-order chi connectivity index (χ0) is 22.8. The lowest BCUT2D eigenvalue weighted by Crippen LogP contribution is -2.58. The molecule has 176 valence electrons. The van der Waals surface area contributed by atoms with Crippen molar-refractivity contribution >= 4 is 11.6 Å². The van der Waals surface area contributed by atoms with Crippen LogP contribution in [-0.2, 0) is 11.3 Å². The molecule has 1 amide bonds. The first-order valence-electron chi connectivity index (χ1n) is 12.5. The normalized spacial score (nSPS) is 27.4. The predicted molar refractivity (Wildman–Crippen MR) is 131 cm³/mol. The average Bonchev–Trinajstić information content (AvgIpc) is 2.78. The summed E-state index contributed by atoms with van der Waals surface area (Å²) < 4.78 is 11.7. The Labute approximate surface area is 197 Å². The Balaban J connectivity index is 1.19. The number of aryl methyl sites for hydroxylation is 1. The maximum atomic E-state index is 12.3. The van der Waals surface area contributed by atoms with E-state index in [1.165, 1.54) is 44.1 Å². The molecule has 5 heteroatoms. The molecule has 4 bridgehead atoms. The van der Waals surface area contributed by atoms with Crippen LogP contribution in [0.5, 0.6) is 11.5 Å². The standard InChI is InChI=1S/C28H36N2O3/c1-3-32-26-13-20(17-29-28-14-21-10-22(15-28)12-23(11-21)16-28)6-9-25(26)33-18-27(31)30-24-7-4-19(2)5-8-24/h4-9,13,21-23,29H,3,10-12,14-18H2,1-2H3,(H,30,31). The first-order valence-corrected chi connectivity index (χ1v) is 12.5. The van der Waals surface area contributed by atoms with Crippen LogP contribution in [0, 0.1) is 24.7 Å².